The highest BCUT2D eigenvalue weighted by atomic mass is 35.5. The number of thiazole rings is 1. The quantitative estimate of drug-likeness (QED) is 0.591. The minimum atomic E-state index is -0.102. The van der Waals surface area contributed by atoms with E-state index in [0.717, 1.165) is 5.01 Å². The van der Waals surface area contributed by atoms with Gasteiger partial charge in [-0.2, -0.15) is 0 Å². The van der Waals surface area contributed by atoms with Crippen LogP contribution in [0.3, 0.4) is 0 Å². The normalized spacial score (nSPS) is 10.9. The van der Waals surface area contributed by atoms with Gasteiger partial charge in [0.2, 0.25) is 0 Å². The lowest BCUT2D eigenvalue weighted by atomic mass is 10.3. The molecule has 3 nitrogen and oxygen atoms in total. The number of aromatic nitrogens is 1. The van der Waals surface area contributed by atoms with Crippen LogP contribution in [0.15, 0.2) is 12.3 Å². The van der Waals surface area contributed by atoms with Crippen molar-refractivity contribution in [3.05, 3.63) is 27.3 Å². The van der Waals surface area contributed by atoms with E-state index in [-0.39, 0.29) is 5.78 Å². The number of halogens is 1. The summed E-state index contributed by atoms with van der Waals surface area (Å²) in [6, 6.07) is 0. The van der Waals surface area contributed by atoms with E-state index in [1.165, 1.54) is 17.4 Å². The van der Waals surface area contributed by atoms with Crippen LogP contribution in [0.5, 0.6) is 0 Å². The molecule has 14 heavy (non-hydrogen) atoms. The second kappa shape index (κ2) is 4.57. The average Bonchev–Trinajstić information content (AvgIpc) is 2.41. The van der Waals surface area contributed by atoms with Gasteiger partial charge in [0.15, 0.2) is 10.9 Å². The van der Waals surface area contributed by atoms with Crippen molar-refractivity contribution in [3.63, 3.8) is 0 Å². The SMILES string of the molecule is Cc1nc(Cl)c(C(=O)/C=C/N(C)C)s1. The van der Waals surface area contributed by atoms with Gasteiger partial charge in [0.25, 0.3) is 0 Å². The number of rotatable bonds is 3. The molecule has 5 heteroatoms. The Hall–Kier alpha value is -0.870. The van der Waals surface area contributed by atoms with Crippen molar-refractivity contribution in [3.8, 4) is 0 Å². The maximum absolute atomic E-state index is 11.6. The van der Waals surface area contributed by atoms with Crippen molar-refractivity contribution in [2.24, 2.45) is 0 Å². The molecule has 0 spiro atoms. The molecule has 0 aromatic carbocycles. The first-order valence-corrected chi connectivity index (χ1v) is 5.22. The van der Waals surface area contributed by atoms with Gasteiger partial charge in [-0.3, -0.25) is 4.79 Å². The summed E-state index contributed by atoms with van der Waals surface area (Å²) in [6.45, 7) is 1.82. The van der Waals surface area contributed by atoms with Crippen LogP contribution in [-0.4, -0.2) is 29.8 Å². The van der Waals surface area contributed by atoms with Crippen molar-refractivity contribution >= 4 is 28.7 Å². The Balaban J connectivity index is 2.85. The van der Waals surface area contributed by atoms with Crippen LogP contribution >= 0.6 is 22.9 Å². The zero-order valence-corrected chi connectivity index (χ0v) is 9.82. The predicted octanol–water partition coefficient (Wildman–Crippen LogP) is 2.36. The lowest BCUT2D eigenvalue weighted by molar-refractivity contribution is 0.104. The fraction of sp³-hybridized carbons (Fsp3) is 0.333. The van der Waals surface area contributed by atoms with Crippen LogP contribution in [0, 0.1) is 6.92 Å². The number of hydrogen-bond donors (Lipinski definition) is 0. The van der Waals surface area contributed by atoms with Crippen LogP contribution in [0.4, 0.5) is 0 Å². The van der Waals surface area contributed by atoms with E-state index in [0.29, 0.717) is 10.0 Å². The third-order valence-electron chi connectivity index (χ3n) is 1.44. The molecule has 0 aliphatic heterocycles. The number of carbonyl (C=O) groups is 1. The van der Waals surface area contributed by atoms with Crippen molar-refractivity contribution in [1.29, 1.82) is 0 Å². The smallest absolute Gasteiger partial charge is 0.200 e. The van der Waals surface area contributed by atoms with Gasteiger partial charge in [0.05, 0.1) is 5.01 Å². The lowest BCUT2D eigenvalue weighted by Gasteiger charge is -2.01. The molecule has 0 fully saturated rings. The second-order valence-corrected chi connectivity index (χ2v) is 4.56. The van der Waals surface area contributed by atoms with Crippen LogP contribution in [0.2, 0.25) is 5.15 Å². The first-order chi connectivity index (χ1) is 6.50. The van der Waals surface area contributed by atoms with Crippen LogP contribution in [0.25, 0.3) is 0 Å². The molecule has 0 amide bonds. The molecule has 0 bridgehead atoms. The summed E-state index contributed by atoms with van der Waals surface area (Å²) in [6.07, 6.45) is 3.17. The van der Waals surface area contributed by atoms with E-state index in [1.54, 1.807) is 11.1 Å². The first kappa shape index (κ1) is 11.2. The summed E-state index contributed by atoms with van der Waals surface area (Å²) < 4.78 is 0. The molecule has 76 valence electrons. The van der Waals surface area contributed by atoms with Gasteiger partial charge in [-0.05, 0) is 6.92 Å². The van der Waals surface area contributed by atoms with E-state index in [9.17, 15) is 4.79 Å². The zero-order chi connectivity index (χ0) is 10.7. The van der Waals surface area contributed by atoms with Gasteiger partial charge in [0.1, 0.15) is 4.88 Å². The third kappa shape index (κ3) is 2.82. The summed E-state index contributed by atoms with van der Waals surface area (Å²) in [5.41, 5.74) is 0. The first-order valence-electron chi connectivity index (χ1n) is 4.02. The molecule has 0 saturated heterocycles. The third-order valence-corrected chi connectivity index (χ3v) is 2.81. The molecule has 0 atom stereocenters. The monoisotopic (exact) mass is 230 g/mol. The van der Waals surface area contributed by atoms with Crippen molar-refractivity contribution in [2.45, 2.75) is 6.92 Å². The van der Waals surface area contributed by atoms with Crippen molar-refractivity contribution in [2.75, 3.05) is 14.1 Å². The van der Waals surface area contributed by atoms with Crippen molar-refractivity contribution in [1.82, 2.24) is 9.88 Å². The number of nitrogens with zero attached hydrogens (tertiary/aromatic N) is 2. The molecule has 1 heterocycles. The lowest BCUT2D eigenvalue weighted by Crippen LogP contribution is -2.02. The largest absolute Gasteiger partial charge is 0.383 e. The molecule has 0 N–H and O–H groups in total. The summed E-state index contributed by atoms with van der Waals surface area (Å²) in [5, 5.41) is 1.09. The Kier molecular flexibility index (Phi) is 3.66. The Morgan fingerprint density at radius 2 is 2.21 bits per heavy atom. The molecule has 0 aliphatic rings. The van der Waals surface area contributed by atoms with E-state index in [2.05, 4.69) is 4.98 Å². The molecule has 1 aromatic rings. The van der Waals surface area contributed by atoms with E-state index in [4.69, 9.17) is 11.6 Å². The molecule has 1 aromatic heterocycles. The maximum atomic E-state index is 11.6. The minimum absolute atomic E-state index is 0.102. The summed E-state index contributed by atoms with van der Waals surface area (Å²) in [5.74, 6) is -0.102. The van der Waals surface area contributed by atoms with Gasteiger partial charge >= 0.3 is 0 Å². The molecule has 0 saturated carbocycles. The highest BCUT2D eigenvalue weighted by Gasteiger charge is 2.12. The van der Waals surface area contributed by atoms with Crippen LogP contribution < -0.4 is 0 Å². The Labute approximate surface area is 92.0 Å². The standard InChI is InChI=1S/C9H11ClN2OS/c1-6-11-9(10)8(14-6)7(13)4-5-12(2)3/h4-5H,1-3H3/b5-4+. The topological polar surface area (TPSA) is 33.2 Å². The Morgan fingerprint density at radius 1 is 1.57 bits per heavy atom. The molecule has 0 aliphatic carbocycles. The number of carbonyl (C=O) groups excluding carboxylic acids is 1. The Morgan fingerprint density at radius 3 is 2.64 bits per heavy atom. The highest BCUT2D eigenvalue weighted by Crippen LogP contribution is 2.23. The molecular formula is C9H11ClN2OS. The van der Waals surface area contributed by atoms with E-state index < -0.39 is 0 Å². The van der Waals surface area contributed by atoms with Gasteiger partial charge in [-0.1, -0.05) is 11.6 Å². The molecular weight excluding hydrogens is 220 g/mol. The highest BCUT2D eigenvalue weighted by molar-refractivity contribution is 7.14. The number of hydrogen-bond acceptors (Lipinski definition) is 4. The summed E-state index contributed by atoms with van der Waals surface area (Å²) in [4.78, 5) is 17.8. The van der Waals surface area contributed by atoms with Gasteiger partial charge < -0.3 is 4.90 Å². The fourth-order valence-corrected chi connectivity index (χ4v) is 1.96. The van der Waals surface area contributed by atoms with Gasteiger partial charge in [-0.15, -0.1) is 11.3 Å². The van der Waals surface area contributed by atoms with Gasteiger partial charge in [0, 0.05) is 26.4 Å². The Bertz CT molecular complexity index is 371. The van der Waals surface area contributed by atoms with Crippen molar-refractivity contribution < 1.29 is 4.79 Å². The predicted molar refractivity (Wildman–Crippen MR) is 59.0 cm³/mol. The summed E-state index contributed by atoms with van der Waals surface area (Å²) >= 11 is 7.10. The number of allylic oxidation sites excluding steroid dienone is 1. The van der Waals surface area contributed by atoms with Crippen LogP contribution in [0.1, 0.15) is 14.7 Å². The average molecular weight is 231 g/mol. The minimum Gasteiger partial charge on any atom is -0.383 e. The molecule has 0 radical (unpaired) electrons. The maximum Gasteiger partial charge on any atom is 0.200 e. The van der Waals surface area contributed by atoms with E-state index >= 15 is 0 Å². The second-order valence-electron chi connectivity index (χ2n) is 3.00. The number of ketones is 1. The molecule has 1 rings (SSSR count). The zero-order valence-electron chi connectivity index (χ0n) is 8.24. The number of aryl methyl sites for hydroxylation is 1. The molecule has 0 unspecified atom stereocenters. The summed E-state index contributed by atoms with van der Waals surface area (Å²) in [7, 11) is 3.70. The van der Waals surface area contributed by atoms with Gasteiger partial charge in [-0.25, -0.2) is 4.98 Å². The van der Waals surface area contributed by atoms with E-state index in [1.807, 2.05) is 21.0 Å². The fourth-order valence-electron chi connectivity index (χ4n) is 0.846. The van der Waals surface area contributed by atoms with Crippen LogP contribution in [-0.2, 0) is 0 Å².